The number of methoxy groups -OCH3 is 1. The first-order valence-electron chi connectivity index (χ1n) is 6.08. The van der Waals surface area contributed by atoms with Crippen molar-refractivity contribution in [1.82, 2.24) is 9.97 Å². The van der Waals surface area contributed by atoms with E-state index in [1.54, 1.807) is 6.07 Å². The molecule has 2 aromatic rings. The molecule has 0 aliphatic heterocycles. The van der Waals surface area contributed by atoms with Gasteiger partial charge < -0.3 is 15.8 Å². The molecule has 0 amide bonds. The molecule has 0 saturated carbocycles. The van der Waals surface area contributed by atoms with Gasteiger partial charge in [-0.2, -0.15) is 0 Å². The number of hydrogen-bond donors (Lipinski definition) is 2. The molecule has 0 aromatic carbocycles. The number of nitrogen functional groups attached to an aromatic ring is 1. The van der Waals surface area contributed by atoms with E-state index >= 15 is 0 Å². The second-order valence-corrected chi connectivity index (χ2v) is 5.34. The van der Waals surface area contributed by atoms with Gasteiger partial charge in [0.2, 0.25) is 0 Å². The monoisotopic (exact) mass is 292 g/mol. The number of aromatic nitrogens is 2. The summed E-state index contributed by atoms with van der Waals surface area (Å²) < 4.78 is 4.63. The van der Waals surface area contributed by atoms with Gasteiger partial charge in [0.15, 0.2) is 16.6 Å². The lowest BCUT2D eigenvalue weighted by atomic mass is 10.2. The zero-order valence-corrected chi connectivity index (χ0v) is 12.3. The minimum atomic E-state index is -0.505. The standard InChI is InChI=1S/C13H16N4O2S/c1-7(2)10-6-20-13(16-10)17-11-8(14)4-5-9(15-11)12(18)19-3/h4-7H,14H2,1-3H3,(H,15,16,17). The second-order valence-electron chi connectivity index (χ2n) is 4.48. The van der Waals surface area contributed by atoms with E-state index in [1.807, 2.05) is 5.38 Å². The highest BCUT2D eigenvalue weighted by atomic mass is 32.1. The number of hydrogen-bond acceptors (Lipinski definition) is 7. The predicted octanol–water partition coefficient (Wildman–Crippen LogP) is 2.77. The number of esters is 1. The van der Waals surface area contributed by atoms with Gasteiger partial charge in [-0.3, -0.25) is 0 Å². The summed E-state index contributed by atoms with van der Waals surface area (Å²) in [7, 11) is 1.31. The van der Waals surface area contributed by atoms with Crippen LogP contribution in [0.3, 0.4) is 0 Å². The Kier molecular flexibility index (Phi) is 4.19. The average Bonchev–Trinajstić information content (AvgIpc) is 2.89. The van der Waals surface area contributed by atoms with Crippen LogP contribution in [0, 0.1) is 0 Å². The molecule has 0 spiro atoms. The Morgan fingerprint density at radius 1 is 1.40 bits per heavy atom. The van der Waals surface area contributed by atoms with Gasteiger partial charge in [-0.1, -0.05) is 13.8 Å². The molecule has 7 heteroatoms. The molecule has 2 rings (SSSR count). The van der Waals surface area contributed by atoms with Gasteiger partial charge in [-0.25, -0.2) is 14.8 Å². The molecule has 0 radical (unpaired) electrons. The minimum Gasteiger partial charge on any atom is -0.464 e. The third kappa shape index (κ3) is 3.05. The lowest BCUT2D eigenvalue weighted by Gasteiger charge is -2.07. The van der Waals surface area contributed by atoms with Gasteiger partial charge >= 0.3 is 5.97 Å². The van der Waals surface area contributed by atoms with Crippen molar-refractivity contribution < 1.29 is 9.53 Å². The fourth-order valence-corrected chi connectivity index (χ4v) is 2.37. The van der Waals surface area contributed by atoms with Crippen molar-refractivity contribution in [3.63, 3.8) is 0 Å². The molecule has 0 aliphatic rings. The molecule has 6 nitrogen and oxygen atoms in total. The number of nitrogens with two attached hydrogens (primary N) is 1. The number of pyridine rings is 1. The van der Waals surface area contributed by atoms with Crippen LogP contribution < -0.4 is 11.1 Å². The van der Waals surface area contributed by atoms with Crippen LogP contribution in [-0.2, 0) is 4.74 Å². The van der Waals surface area contributed by atoms with Crippen molar-refractivity contribution >= 4 is 33.9 Å². The summed E-state index contributed by atoms with van der Waals surface area (Å²) in [6.45, 7) is 4.15. The minimum absolute atomic E-state index is 0.199. The Labute approximate surface area is 121 Å². The summed E-state index contributed by atoms with van der Waals surface area (Å²) in [6, 6.07) is 3.13. The van der Waals surface area contributed by atoms with E-state index in [0.717, 1.165) is 5.69 Å². The van der Waals surface area contributed by atoms with Crippen LogP contribution in [-0.4, -0.2) is 23.0 Å². The third-order valence-electron chi connectivity index (χ3n) is 2.66. The van der Waals surface area contributed by atoms with Gasteiger partial charge in [-0.15, -0.1) is 11.3 Å². The quantitative estimate of drug-likeness (QED) is 0.842. The van der Waals surface area contributed by atoms with Crippen molar-refractivity contribution in [3.8, 4) is 0 Å². The van der Waals surface area contributed by atoms with Crippen LogP contribution in [0.25, 0.3) is 0 Å². The maximum absolute atomic E-state index is 11.5. The molecule has 0 atom stereocenters. The first kappa shape index (κ1) is 14.3. The molecule has 0 aliphatic carbocycles. The Morgan fingerprint density at radius 3 is 2.75 bits per heavy atom. The van der Waals surface area contributed by atoms with Crippen molar-refractivity contribution in [2.24, 2.45) is 0 Å². The highest BCUT2D eigenvalue weighted by Crippen LogP contribution is 2.26. The third-order valence-corrected chi connectivity index (χ3v) is 3.44. The van der Waals surface area contributed by atoms with E-state index in [4.69, 9.17) is 5.73 Å². The number of ether oxygens (including phenoxy) is 1. The topological polar surface area (TPSA) is 90.1 Å². The van der Waals surface area contributed by atoms with E-state index in [2.05, 4.69) is 33.9 Å². The summed E-state index contributed by atoms with van der Waals surface area (Å²) in [6.07, 6.45) is 0. The maximum atomic E-state index is 11.5. The van der Waals surface area contributed by atoms with Crippen LogP contribution in [0.5, 0.6) is 0 Å². The Morgan fingerprint density at radius 2 is 2.15 bits per heavy atom. The predicted molar refractivity (Wildman–Crippen MR) is 79.5 cm³/mol. The molecule has 2 heterocycles. The fraction of sp³-hybridized carbons (Fsp3) is 0.308. The van der Waals surface area contributed by atoms with Crippen molar-refractivity contribution in [2.45, 2.75) is 19.8 Å². The van der Waals surface area contributed by atoms with Crippen molar-refractivity contribution in [2.75, 3.05) is 18.2 Å². The lowest BCUT2D eigenvalue weighted by Crippen LogP contribution is -2.07. The van der Waals surface area contributed by atoms with E-state index < -0.39 is 5.97 Å². The first-order valence-corrected chi connectivity index (χ1v) is 6.96. The second kappa shape index (κ2) is 5.87. The van der Waals surface area contributed by atoms with Gasteiger partial charge in [0.25, 0.3) is 0 Å². The average molecular weight is 292 g/mol. The molecule has 0 saturated heterocycles. The maximum Gasteiger partial charge on any atom is 0.356 e. The highest BCUT2D eigenvalue weighted by Gasteiger charge is 2.12. The van der Waals surface area contributed by atoms with E-state index in [-0.39, 0.29) is 5.69 Å². The summed E-state index contributed by atoms with van der Waals surface area (Å²) in [5, 5.41) is 5.70. The zero-order valence-electron chi connectivity index (χ0n) is 11.5. The molecular weight excluding hydrogens is 276 g/mol. The molecule has 20 heavy (non-hydrogen) atoms. The number of carbonyl (C=O) groups is 1. The van der Waals surface area contributed by atoms with Gasteiger partial charge in [0, 0.05) is 5.38 Å². The highest BCUT2D eigenvalue weighted by molar-refractivity contribution is 7.13. The van der Waals surface area contributed by atoms with Crippen LogP contribution in [0.2, 0.25) is 0 Å². The van der Waals surface area contributed by atoms with Crippen molar-refractivity contribution in [1.29, 1.82) is 0 Å². The number of carbonyl (C=O) groups excluding carboxylic acids is 1. The normalized spacial score (nSPS) is 10.6. The lowest BCUT2D eigenvalue weighted by molar-refractivity contribution is 0.0594. The summed E-state index contributed by atoms with van der Waals surface area (Å²) in [5.74, 6) is 0.251. The largest absolute Gasteiger partial charge is 0.464 e. The van der Waals surface area contributed by atoms with Crippen LogP contribution in [0.4, 0.5) is 16.6 Å². The van der Waals surface area contributed by atoms with E-state index in [1.165, 1.54) is 24.5 Å². The van der Waals surface area contributed by atoms with Gasteiger partial charge in [0.1, 0.15) is 0 Å². The van der Waals surface area contributed by atoms with Gasteiger partial charge in [-0.05, 0) is 18.1 Å². The molecule has 3 N–H and O–H groups in total. The molecular formula is C13H16N4O2S. The van der Waals surface area contributed by atoms with Crippen LogP contribution in [0.15, 0.2) is 17.5 Å². The van der Waals surface area contributed by atoms with E-state index in [9.17, 15) is 4.79 Å². The number of nitrogens with one attached hydrogen (secondary N) is 1. The van der Waals surface area contributed by atoms with Gasteiger partial charge in [0.05, 0.1) is 18.5 Å². The fourth-order valence-electron chi connectivity index (χ4n) is 1.50. The van der Waals surface area contributed by atoms with E-state index in [0.29, 0.717) is 22.6 Å². The van der Waals surface area contributed by atoms with Crippen LogP contribution >= 0.6 is 11.3 Å². The number of thiazole rings is 1. The first-order chi connectivity index (χ1) is 9.51. The number of anilines is 3. The summed E-state index contributed by atoms with van der Waals surface area (Å²) >= 11 is 1.47. The molecule has 0 fully saturated rings. The Hall–Kier alpha value is -2.15. The molecule has 0 unspecified atom stereocenters. The zero-order chi connectivity index (χ0) is 14.7. The summed E-state index contributed by atoms with van der Waals surface area (Å²) in [5.41, 5.74) is 7.49. The number of nitrogens with zero attached hydrogens (tertiary/aromatic N) is 2. The Bertz CT molecular complexity index is 625. The summed E-state index contributed by atoms with van der Waals surface area (Å²) in [4.78, 5) is 20.0. The van der Waals surface area contributed by atoms with Crippen LogP contribution in [0.1, 0.15) is 35.9 Å². The smallest absolute Gasteiger partial charge is 0.356 e. The van der Waals surface area contributed by atoms with Crippen molar-refractivity contribution in [3.05, 3.63) is 28.9 Å². The molecule has 106 valence electrons. The molecule has 2 aromatic heterocycles. The molecule has 0 bridgehead atoms. The Balaban J connectivity index is 2.25. The SMILES string of the molecule is COC(=O)c1ccc(N)c(Nc2nc(C(C)C)cs2)n1. The number of rotatable bonds is 4.